The van der Waals surface area contributed by atoms with E-state index in [9.17, 15) is 9.90 Å². The highest BCUT2D eigenvalue weighted by Gasteiger charge is 2.22. The first kappa shape index (κ1) is 18.0. The quantitative estimate of drug-likeness (QED) is 0.733. The molecule has 5 nitrogen and oxygen atoms in total. The van der Waals surface area contributed by atoms with E-state index in [0.717, 1.165) is 11.3 Å². The average molecular weight is 327 g/mol. The standard InChI is InChI=1S/C19H25N3O2/c1-22(2)14-16(18(23)15-9-5-3-6-10-15)13-20-19(24)21-17-11-7-4-8-12-17/h3-12,16,18,23H,13-14H2,1-2H3,(H2,20,21,24)/t16-,18-/m1/s1. The number of rotatable bonds is 7. The molecule has 0 aromatic heterocycles. The van der Waals surface area contributed by atoms with Crippen molar-refractivity contribution in [3.05, 3.63) is 66.2 Å². The van der Waals surface area contributed by atoms with Gasteiger partial charge in [0, 0.05) is 24.7 Å². The van der Waals surface area contributed by atoms with E-state index in [2.05, 4.69) is 10.6 Å². The molecule has 0 saturated carbocycles. The third-order valence-electron chi connectivity index (χ3n) is 3.74. The van der Waals surface area contributed by atoms with Crippen LogP contribution >= 0.6 is 0 Å². The van der Waals surface area contributed by atoms with Crippen LogP contribution in [0.5, 0.6) is 0 Å². The Kier molecular flexibility index (Phi) is 6.78. The number of amides is 2. The summed E-state index contributed by atoms with van der Waals surface area (Å²) in [5.41, 5.74) is 1.59. The Morgan fingerprint density at radius 3 is 2.21 bits per heavy atom. The zero-order chi connectivity index (χ0) is 17.4. The zero-order valence-electron chi connectivity index (χ0n) is 14.1. The van der Waals surface area contributed by atoms with Gasteiger partial charge in [-0.3, -0.25) is 0 Å². The summed E-state index contributed by atoms with van der Waals surface area (Å²) >= 11 is 0. The molecule has 24 heavy (non-hydrogen) atoms. The Hall–Kier alpha value is -2.37. The van der Waals surface area contributed by atoms with Gasteiger partial charge in [0.1, 0.15) is 0 Å². The highest BCUT2D eigenvalue weighted by atomic mass is 16.3. The van der Waals surface area contributed by atoms with Gasteiger partial charge < -0.3 is 20.6 Å². The number of hydrogen-bond donors (Lipinski definition) is 3. The lowest BCUT2D eigenvalue weighted by Crippen LogP contribution is -2.39. The second-order valence-electron chi connectivity index (χ2n) is 6.08. The van der Waals surface area contributed by atoms with Crippen molar-refractivity contribution in [2.45, 2.75) is 6.10 Å². The van der Waals surface area contributed by atoms with Gasteiger partial charge in [-0.2, -0.15) is 0 Å². The summed E-state index contributed by atoms with van der Waals surface area (Å²) in [7, 11) is 3.91. The van der Waals surface area contributed by atoms with Gasteiger partial charge in [-0.05, 0) is 31.8 Å². The molecule has 2 aromatic carbocycles. The molecule has 0 unspecified atom stereocenters. The SMILES string of the molecule is CN(C)C[C@@H](CNC(=O)Nc1ccccc1)[C@H](O)c1ccccc1. The lowest BCUT2D eigenvalue weighted by Gasteiger charge is -2.26. The molecule has 0 bridgehead atoms. The summed E-state index contributed by atoms with van der Waals surface area (Å²) < 4.78 is 0. The van der Waals surface area contributed by atoms with E-state index >= 15 is 0 Å². The zero-order valence-corrected chi connectivity index (χ0v) is 14.1. The number of carbonyl (C=O) groups is 1. The lowest BCUT2D eigenvalue weighted by molar-refractivity contribution is 0.0911. The largest absolute Gasteiger partial charge is 0.388 e. The Morgan fingerprint density at radius 2 is 1.62 bits per heavy atom. The second-order valence-corrected chi connectivity index (χ2v) is 6.08. The molecule has 0 saturated heterocycles. The first-order valence-electron chi connectivity index (χ1n) is 8.04. The van der Waals surface area contributed by atoms with Crippen molar-refractivity contribution >= 4 is 11.7 Å². The van der Waals surface area contributed by atoms with E-state index < -0.39 is 6.10 Å². The van der Waals surface area contributed by atoms with Crippen LogP contribution in [0.2, 0.25) is 0 Å². The minimum Gasteiger partial charge on any atom is -0.388 e. The van der Waals surface area contributed by atoms with Crippen LogP contribution < -0.4 is 10.6 Å². The number of urea groups is 1. The molecule has 0 aliphatic heterocycles. The first-order valence-corrected chi connectivity index (χ1v) is 8.04. The van der Waals surface area contributed by atoms with Crippen molar-refractivity contribution in [2.24, 2.45) is 5.92 Å². The van der Waals surface area contributed by atoms with Gasteiger partial charge in [-0.25, -0.2) is 4.79 Å². The third kappa shape index (κ3) is 5.68. The summed E-state index contributed by atoms with van der Waals surface area (Å²) in [5, 5.41) is 16.3. The number of hydrogen-bond acceptors (Lipinski definition) is 3. The fourth-order valence-electron chi connectivity index (χ4n) is 2.59. The van der Waals surface area contributed by atoms with Crippen molar-refractivity contribution in [1.82, 2.24) is 10.2 Å². The van der Waals surface area contributed by atoms with E-state index in [0.29, 0.717) is 13.1 Å². The number of nitrogens with zero attached hydrogens (tertiary/aromatic N) is 1. The van der Waals surface area contributed by atoms with E-state index in [1.807, 2.05) is 79.7 Å². The smallest absolute Gasteiger partial charge is 0.319 e. The van der Waals surface area contributed by atoms with Gasteiger partial charge >= 0.3 is 6.03 Å². The summed E-state index contributed by atoms with van der Waals surface area (Å²) in [4.78, 5) is 14.1. The minimum atomic E-state index is -0.634. The first-order chi connectivity index (χ1) is 11.6. The molecular formula is C19H25N3O2. The van der Waals surface area contributed by atoms with Crippen LogP contribution in [0.1, 0.15) is 11.7 Å². The fraction of sp³-hybridized carbons (Fsp3) is 0.316. The van der Waals surface area contributed by atoms with Crippen LogP contribution in [0, 0.1) is 5.92 Å². The van der Waals surface area contributed by atoms with Gasteiger partial charge in [0.25, 0.3) is 0 Å². The van der Waals surface area contributed by atoms with Crippen LogP contribution in [0.25, 0.3) is 0 Å². The van der Waals surface area contributed by atoms with Gasteiger partial charge in [0.2, 0.25) is 0 Å². The average Bonchev–Trinajstić information content (AvgIpc) is 2.59. The fourth-order valence-corrected chi connectivity index (χ4v) is 2.59. The van der Waals surface area contributed by atoms with Crippen molar-refractivity contribution in [3.8, 4) is 0 Å². The van der Waals surface area contributed by atoms with Crippen molar-refractivity contribution < 1.29 is 9.90 Å². The number of nitrogens with one attached hydrogen (secondary N) is 2. The normalized spacial score (nSPS) is 13.3. The van der Waals surface area contributed by atoms with Gasteiger partial charge in [-0.15, -0.1) is 0 Å². The monoisotopic (exact) mass is 327 g/mol. The Bertz CT molecular complexity index is 617. The molecule has 128 valence electrons. The Labute approximate surface area is 143 Å². The highest BCUT2D eigenvalue weighted by Crippen LogP contribution is 2.22. The van der Waals surface area contributed by atoms with Gasteiger partial charge in [0.05, 0.1) is 6.10 Å². The lowest BCUT2D eigenvalue weighted by atomic mass is 9.95. The Balaban J connectivity index is 1.94. The van der Waals surface area contributed by atoms with E-state index in [-0.39, 0.29) is 11.9 Å². The number of para-hydroxylation sites is 1. The molecule has 0 aliphatic carbocycles. The molecule has 0 spiro atoms. The number of benzene rings is 2. The van der Waals surface area contributed by atoms with Crippen molar-refractivity contribution in [1.29, 1.82) is 0 Å². The van der Waals surface area contributed by atoms with E-state index in [1.54, 1.807) is 0 Å². The predicted molar refractivity (Wildman–Crippen MR) is 96.9 cm³/mol. The molecule has 0 radical (unpaired) electrons. The maximum atomic E-state index is 12.0. The summed E-state index contributed by atoms with van der Waals surface area (Å²) in [6, 6.07) is 18.5. The molecule has 2 aromatic rings. The molecule has 2 amide bonds. The van der Waals surface area contributed by atoms with Gasteiger partial charge in [-0.1, -0.05) is 48.5 Å². The molecule has 2 atom stereocenters. The number of carbonyl (C=O) groups excluding carboxylic acids is 1. The van der Waals surface area contributed by atoms with Crippen LogP contribution in [0.3, 0.4) is 0 Å². The Morgan fingerprint density at radius 1 is 1.04 bits per heavy atom. The van der Waals surface area contributed by atoms with Crippen LogP contribution in [-0.4, -0.2) is 43.2 Å². The number of anilines is 1. The van der Waals surface area contributed by atoms with E-state index in [1.165, 1.54) is 0 Å². The van der Waals surface area contributed by atoms with Crippen molar-refractivity contribution in [3.63, 3.8) is 0 Å². The van der Waals surface area contributed by atoms with Crippen LogP contribution in [-0.2, 0) is 0 Å². The summed E-state index contributed by atoms with van der Waals surface area (Å²) in [5.74, 6) is -0.107. The summed E-state index contributed by atoms with van der Waals surface area (Å²) in [6.07, 6.45) is -0.634. The van der Waals surface area contributed by atoms with Crippen LogP contribution in [0.15, 0.2) is 60.7 Å². The molecular weight excluding hydrogens is 302 g/mol. The maximum absolute atomic E-state index is 12.0. The third-order valence-corrected chi connectivity index (χ3v) is 3.74. The van der Waals surface area contributed by atoms with E-state index in [4.69, 9.17) is 0 Å². The predicted octanol–water partition coefficient (Wildman–Crippen LogP) is 2.72. The van der Waals surface area contributed by atoms with Crippen LogP contribution in [0.4, 0.5) is 10.5 Å². The molecule has 3 N–H and O–H groups in total. The molecule has 0 heterocycles. The maximum Gasteiger partial charge on any atom is 0.319 e. The summed E-state index contributed by atoms with van der Waals surface area (Å²) in [6.45, 7) is 1.05. The molecule has 5 heteroatoms. The second kappa shape index (κ2) is 9.05. The minimum absolute atomic E-state index is 0.107. The highest BCUT2D eigenvalue weighted by molar-refractivity contribution is 5.89. The van der Waals surface area contributed by atoms with Crippen molar-refractivity contribution in [2.75, 3.05) is 32.5 Å². The number of aliphatic hydroxyl groups is 1. The molecule has 0 aliphatic rings. The molecule has 2 rings (SSSR count). The topological polar surface area (TPSA) is 64.6 Å². The molecule has 0 fully saturated rings. The number of aliphatic hydroxyl groups excluding tert-OH is 1. The van der Waals surface area contributed by atoms with Gasteiger partial charge in [0.15, 0.2) is 0 Å².